The minimum atomic E-state index is -0.397. The Bertz CT molecular complexity index is 1170. The molecule has 0 radical (unpaired) electrons. The second-order valence-corrected chi connectivity index (χ2v) is 11.2. The van der Waals surface area contributed by atoms with E-state index in [-0.39, 0.29) is 10.8 Å². The van der Waals surface area contributed by atoms with Gasteiger partial charge in [-0.15, -0.1) is 0 Å². The molecule has 0 atom stereocenters. The van der Waals surface area contributed by atoms with Crippen LogP contribution in [0.1, 0.15) is 78.2 Å². The van der Waals surface area contributed by atoms with E-state index in [2.05, 4.69) is 79.7 Å². The van der Waals surface area contributed by atoms with Crippen molar-refractivity contribution in [1.29, 1.82) is 0 Å². The minimum absolute atomic E-state index is 0.00809. The summed E-state index contributed by atoms with van der Waals surface area (Å²) in [6.07, 6.45) is 3.95. The highest BCUT2D eigenvalue weighted by Gasteiger charge is 2.28. The normalized spacial score (nSPS) is 12.8. The third-order valence-electron chi connectivity index (χ3n) is 5.93. The quantitative estimate of drug-likeness (QED) is 0.403. The molecular weight excluding hydrogens is 408 g/mol. The number of hydrogen-bond donors (Lipinski definition) is 0. The molecule has 6 nitrogen and oxygen atoms in total. The number of hydrogen-bond acceptors (Lipinski definition) is 4. The Kier molecular flexibility index (Phi) is 5.51. The van der Waals surface area contributed by atoms with Gasteiger partial charge in [-0.1, -0.05) is 53.7 Å². The van der Waals surface area contributed by atoms with Gasteiger partial charge in [0.15, 0.2) is 11.6 Å². The van der Waals surface area contributed by atoms with E-state index < -0.39 is 5.41 Å². The van der Waals surface area contributed by atoms with Crippen molar-refractivity contribution in [2.24, 2.45) is 0 Å². The van der Waals surface area contributed by atoms with Crippen molar-refractivity contribution >= 4 is 0 Å². The summed E-state index contributed by atoms with van der Waals surface area (Å²) in [7, 11) is 0. The Labute approximate surface area is 196 Å². The molecular formula is C27H34N6. The maximum absolute atomic E-state index is 4.96. The molecule has 4 aromatic rings. The van der Waals surface area contributed by atoms with Gasteiger partial charge in [0.1, 0.15) is 0 Å². The molecule has 4 rings (SSSR count). The lowest BCUT2D eigenvalue weighted by atomic mass is 9.84. The predicted octanol–water partition coefficient (Wildman–Crippen LogP) is 5.77. The number of nitrogens with zero attached hydrogens (tertiary/aromatic N) is 6. The summed E-state index contributed by atoms with van der Waals surface area (Å²) >= 11 is 0. The van der Waals surface area contributed by atoms with Gasteiger partial charge in [-0.25, -0.2) is 19.3 Å². The lowest BCUT2D eigenvalue weighted by Gasteiger charge is -2.24. The van der Waals surface area contributed by atoms with Crippen LogP contribution in [0.25, 0.3) is 11.6 Å². The Morgan fingerprint density at radius 3 is 1.24 bits per heavy atom. The van der Waals surface area contributed by atoms with Gasteiger partial charge in [0.2, 0.25) is 0 Å². The Morgan fingerprint density at radius 2 is 0.909 bits per heavy atom. The number of rotatable bonds is 4. The summed E-state index contributed by atoms with van der Waals surface area (Å²) < 4.78 is 3.70. The van der Waals surface area contributed by atoms with Crippen molar-refractivity contribution < 1.29 is 0 Å². The van der Waals surface area contributed by atoms with Crippen LogP contribution in [0.15, 0.2) is 60.9 Å². The molecule has 0 fully saturated rings. The molecule has 0 unspecified atom stereocenters. The fraction of sp³-hybridized carbons (Fsp3) is 0.407. The van der Waals surface area contributed by atoms with Crippen LogP contribution >= 0.6 is 0 Å². The first-order valence-electron chi connectivity index (χ1n) is 11.4. The zero-order valence-corrected chi connectivity index (χ0v) is 21.0. The standard InChI is InChI=1S/C27H34N6/c1-25(2,3)19-15-17-32(30-19)23-13-9-11-21(28-23)27(7,8)22-12-10-14-24(29-22)33-18-16-20(31-33)26(4,5)6/h9-18H,1-8H3. The van der Waals surface area contributed by atoms with E-state index in [1.165, 1.54) is 0 Å². The Balaban J connectivity index is 1.68. The predicted molar refractivity (Wildman–Crippen MR) is 132 cm³/mol. The van der Waals surface area contributed by atoms with Gasteiger partial charge >= 0.3 is 0 Å². The molecule has 0 saturated heterocycles. The SMILES string of the molecule is CC(C)(C)c1ccn(-c2cccc(C(C)(C)c3cccc(-n4ccc(C(C)(C)C)n4)n3)n2)n1. The molecule has 0 saturated carbocycles. The molecule has 0 amide bonds. The molecule has 0 aliphatic heterocycles. The van der Waals surface area contributed by atoms with E-state index in [0.29, 0.717) is 0 Å². The Hall–Kier alpha value is -3.28. The molecule has 4 aromatic heterocycles. The molecule has 0 aromatic carbocycles. The van der Waals surface area contributed by atoms with Gasteiger partial charge in [0.25, 0.3) is 0 Å². The third kappa shape index (κ3) is 4.61. The van der Waals surface area contributed by atoms with Crippen molar-refractivity contribution in [3.63, 3.8) is 0 Å². The van der Waals surface area contributed by atoms with Gasteiger partial charge in [-0.05, 0) is 50.2 Å². The molecule has 0 aliphatic carbocycles. The van der Waals surface area contributed by atoms with Crippen molar-refractivity contribution in [2.45, 2.75) is 71.6 Å². The van der Waals surface area contributed by atoms with Crippen LogP contribution in [0.3, 0.4) is 0 Å². The zero-order valence-electron chi connectivity index (χ0n) is 21.0. The largest absolute Gasteiger partial charge is 0.233 e. The summed E-state index contributed by atoms with van der Waals surface area (Å²) in [6.45, 7) is 17.3. The summed E-state index contributed by atoms with van der Waals surface area (Å²) in [5.41, 5.74) is 3.54. The van der Waals surface area contributed by atoms with Gasteiger partial charge in [0, 0.05) is 28.6 Å². The van der Waals surface area contributed by atoms with Crippen LogP contribution in [0, 0.1) is 0 Å². The first-order chi connectivity index (χ1) is 15.4. The smallest absolute Gasteiger partial charge is 0.153 e. The van der Waals surface area contributed by atoms with E-state index in [0.717, 1.165) is 34.4 Å². The van der Waals surface area contributed by atoms with E-state index in [4.69, 9.17) is 20.2 Å². The highest BCUT2D eigenvalue weighted by atomic mass is 15.3. The van der Waals surface area contributed by atoms with Crippen LogP contribution in [0.2, 0.25) is 0 Å². The van der Waals surface area contributed by atoms with Gasteiger partial charge in [-0.3, -0.25) is 0 Å². The van der Waals surface area contributed by atoms with Gasteiger partial charge in [0.05, 0.1) is 22.8 Å². The highest BCUT2D eigenvalue weighted by Crippen LogP contribution is 2.30. The summed E-state index contributed by atoms with van der Waals surface area (Å²) in [5, 5.41) is 9.50. The lowest BCUT2D eigenvalue weighted by Crippen LogP contribution is -2.23. The molecule has 0 N–H and O–H groups in total. The van der Waals surface area contributed by atoms with Crippen molar-refractivity contribution in [3.8, 4) is 11.6 Å². The van der Waals surface area contributed by atoms with Crippen LogP contribution in [0.5, 0.6) is 0 Å². The van der Waals surface area contributed by atoms with E-state index >= 15 is 0 Å². The second kappa shape index (κ2) is 7.94. The van der Waals surface area contributed by atoms with Crippen molar-refractivity contribution in [2.75, 3.05) is 0 Å². The summed E-state index contributed by atoms with van der Waals surface area (Å²) in [6, 6.07) is 16.3. The summed E-state index contributed by atoms with van der Waals surface area (Å²) in [5.74, 6) is 1.60. The maximum Gasteiger partial charge on any atom is 0.153 e. The second-order valence-electron chi connectivity index (χ2n) is 11.2. The van der Waals surface area contributed by atoms with E-state index in [1.54, 1.807) is 0 Å². The lowest BCUT2D eigenvalue weighted by molar-refractivity contribution is 0.555. The molecule has 4 heterocycles. The topological polar surface area (TPSA) is 61.4 Å². The fourth-order valence-corrected chi connectivity index (χ4v) is 3.63. The summed E-state index contributed by atoms with van der Waals surface area (Å²) in [4.78, 5) is 9.93. The van der Waals surface area contributed by atoms with Crippen LogP contribution in [0.4, 0.5) is 0 Å². The Morgan fingerprint density at radius 1 is 0.515 bits per heavy atom. The fourth-order valence-electron chi connectivity index (χ4n) is 3.63. The monoisotopic (exact) mass is 442 g/mol. The minimum Gasteiger partial charge on any atom is -0.233 e. The van der Waals surface area contributed by atoms with Gasteiger partial charge in [-0.2, -0.15) is 10.2 Å². The maximum atomic E-state index is 4.96. The average molecular weight is 443 g/mol. The molecule has 0 spiro atoms. The molecule has 33 heavy (non-hydrogen) atoms. The van der Waals surface area contributed by atoms with Crippen molar-refractivity contribution in [1.82, 2.24) is 29.5 Å². The molecule has 172 valence electrons. The van der Waals surface area contributed by atoms with E-state index in [9.17, 15) is 0 Å². The van der Waals surface area contributed by atoms with Crippen molar-refractivity contribution in [3.05, 3.63) is 83.7 Å². The van der Waals surface area contributed by atoms with E-state index in [1.807, 2.05) is 46.0 Å². The van der Waals surface area contributed by atoms with Gasteiger partial charge < -0.3 is 0 Å². The highest BCUT2D eigenvalue weighted by molar-refractivity contribution is 5.36. The first-order valence-corrected chi connectivity index (χ1v) is 11.4. The molecule has 0 bridgehead atoms. The van der Waals surface area contributed by atoms with Crippen LogP contribution < -0.4 is 0 Å². The number of pyridine rings is 2. The molecule has 0 aliphatic rings. The average Bonchev–Trinajstić information content (AvgIpc) is 3.44. The number of aromatic nitrogens is 6. The zero-order chi connectivity index (χ0) is 24.0. The first kappa shape index (κ1) is 22.9. The third-order valence-corrected chi connectivity index (χ3v) is 5.93. The molecule has 6 heteroatoms. The van der Waals surface area contributed by atoms with Crippen LogP contribution in [-0.4, -0.2) is 29.5 Å². The van der Waals surface area contributed by atoms with Crippen LogP contribution in [-0.2, 0) is 16.2 Å².